The molecule has 34 heavy (non-hydrogen) atoms. The Kier molecular flexibility index (Phi) is 8.55. The van der Waals surface area contributed by atoms with Crippen LogP contribution in [0.2, 0.25) is 0 Å². The van der Waals surface area contributed by atoms with E-state index < -0.39 is 16.1 Å². The number of benzene rings is 2. The van der Waals surface area contributed by atoms with Gasteiger partial charge in [-0.25, -0.2) is 8.42 Å². The maximum absolute atomic E-state index is 13.1. The Morgan fingerprint density at radius 3 is 2.24 bits per heavy atom. The van der Waals surface area contributed by atoms with Crippen LogP contribution in [0.4, 0.5) is 11.4 Å². The monoisotopic (exact) mass is 487 g/mol. The number of hydrogen-bond donors (Lipinski definition) is 1. The molecular formula is C25H33N3O5S. The van der Waals surface area contributed by atoms with Gasteiger partial charge in [-0.05, 0) is 55.7 Å². The number of nitrogens with zero attached hydrogens (tertiary/aromatic N) is 2. The van der Waals surface area contributed by atoms with Crippen molar-refractivity contribution in [1.82, 2.24) is 4.90 Å². The number of sulfonamides is 1. The molecule has 0 aromatic heterocycles. The quantitative estimate of drug-likeness (QED) is 0.609. The van der Waals surface area contributed by atoms with Crippen LogP contribution < -0.4 is 14.4 Å². The molecule has 9 heteroatoms. The minimum absolute atomic E-state index is 0.0719. The number of carbonyl (C=O) groups is 2. The predicted octanol–water partition coefficient (Wildman–Crippen LogP) is 3.89. The summed E-state index contributed by atoms with van der Waals surface area (Å²) in [6.45, 7) is 3.29. The van der Waals surface area contributed by atoms with Crippen LogP contribution in [-0.4, -0.2) is 57.6 Å². The van der Waals surface area contributed by atoms with Gasteiger partial charge in [0.2, 0.25) is 10.0 Å². The summed E-state index contributed by atoms with van der Waals surface area (Å²) in [5.74, 6) is 0.0230. The van der Waals surface area contributed by atoms with Gasteiger partial charge in [-0.2, -0.15) is 0 Å². The van der Waals surface area contributed by atoms with Crippen LogP contribution >= 0.6 is 0 Å². The minimum atomic E-state index is -3.37. The van der Waals surface area contributed by atoms with Gasteiger partial charge in [-0.3, -0.25) is 13.9 Å². The Balaban J connectivity index is 1.70. The third kappa shape index (κ3) is 6.50. The molecule has 0 saturated carbocycles. The largest absolute Gasteiger partial charge is 0.481 e. The lowest BCUT2D eigenvalue weighted by Crippen LogP contribution is -2.35. The van der Waals surface area contributed by atoms with Crippen LogP contribution in [0, 0.1) is 0 Å². The van der Waals surface area contributed by atoms with Crippen molar-refractivity contribution >= 4 is 33.2 Å². The van der Waals surface area contributed by atoms with Crippen molar-refractivity contribution in [3.63, 3.8) is 0 Å². The fourth-order valence-corrected chi connectivity index (χ4v) is 4.35. The van der Waals surface area contributed by atoms with Crippen LogP contribution in [0.1, 0.15) is 49.4 Å². The van der Waals surface area contributed by atoms with Gasteiger partial charge in [0.25, 0.3) is 11.8 Å². The second-order valence-electron chi connectivity index (χ2n) is 8.48. The first-order valence-corrected chi connectivity index (χ1v) is 13.5. The number of amides is 2. The molecule has 1 aliphatic heterocycles. The lowest BCUT2D eigenvalue weighted by Gasteiger charge is -2.23. The number of likely N-dealkylation sites (tertiary alicyclic amines) is 1. The fraction of sp³-hybridized carbons (Fsp3) is 0.440. The van der Waals surface area contributed by atoms with E-state index in [0.29, 0.717) is 29.1 Å². The Morgan fingerprint density at radius 1 is 1.03 bits per heavy atom. The van der Waals surface area contributed by atoms with Crippen molar-refractivity contribution in [2.45, 2.75) is 45.1 Å². The average Bonchev–Trinajstić information content (AvgIpc) is 3.11. The standard InChI is InChI=1S/C25H33N3O5S/c1-4-23(33-20-15-13-19(14-16-20)27(2)34(3,31)32)24(29)26-22-12-8-7-11-21(22)25(30)28-17-9-5-6-10-18-28/h7-8,11-16,23H,4-6,9-10,17-18H2,1-3H3,(H,26,29)/t23-/m0/s1. The van der Waals surface area contributed by atoms with Gasteiger partial charge < -0.3 is 15.0 Å². The second kappa shape index (κ2) is 11.4. The number of nitrogens with one attached hydrogen (secondary N) is 1. The van der Waals surface area contributed by atoms with E-state index in [-0.39, 0.29) is 11.8 Å². The molecule has 8 nitrogen and oxygen atoms in total. The smallest absolute Gasteiger partial charge is 0.265 e. The van der Waals surface area contributed by atoms with Crippen molar-refractivity contribution < 1.29 is 22.7 Å². The van der Waals surface area contributed by atoms with Crippen molar-refractivity contribution in [3.8, 4) is 5.75 Å². The highest BCUT2D eigenvalue weighted by Crippen LogP contribution is 2.23. The first kappa shape index (κ1) is 25.6. The molecule has 1 heterocycles. The van der Waals surface area contributed by atoms with Gasteiger partial charge in [0.15, 0.2) is 6.10 Å². The fourth-order valence-electron chi connectivity index (χ4n) is 3.85. The summed E-state index contributed by atoms with van der Waals surface area (Å²) in [5.41, 5.74) is 1.43. The zero-order chi connectivity index (χ0) is 24.7. The molecule has 1 fully saturated rings. The first-order chi connectivity index (χ1) is 16.2. The average molecular weight is 488 g/mol. The first-order valence-electron chi connectivity index (χ1n) is 11.6. The van der Waals surface area contributed by atoms with Gasteiger partial charge in [0, 0.05) is 20.1 Å². The SMILES string of the molecule is CC[C@H](Oc1ccc(N(C)S(C)(=O)=O)cc1)C(=O)Nc1ccccc1C(=O)N1CCCCCC1. The normalized spacial score (nSPS) is 15.2. The Bertz CT molecular complexity index is 1090. The van der Waals surface area contributed by atoms with Crippen LogP contribution in [0.5, 0.6) is 5.75 Å². The molecule has 2 aromatic carbocycles. The Hall–Kier alpha value is -3.07. The molecule has 2 amide bonds. The Labute approximate surface area is 201 Å². The van der Waals surface area contributed by atoms with E-state index in [2.05, 4.69) is 5.32 Å². The van der Waals surface area contributed by atoms with E-state index in [9.17, 15) is 18.0 Å². The molecule has 2 aromatic rings. The molecule has 3 rings (SSSR count). The van der Waals surface area contributed by atoms with E-state index in [1.165, 1.54) is 11.4 Å². The number of para-hydroxylation sites is 1. The highest BCUT2D eigenvalue weighted by Gasteiger charge is 2.24. The second-order valence-corrected chi connectivity index (χ2v) is 10.5. The minimum Gasteiger partial charge on any atom is -0.481 e. The van der Waals surface area contributed by atoms with Crippen molar-refractivity contribution in [2.24, 2.45) is 0 Å². The number of rotatable bonds is 8. The molecule has 0 unspecified atom stereocenters. The van der Waals surface area contributed by atoms with Gasteiger partial charge in [-0.1, -0.05) is 31.9 Å². The molecule has 0 spiro atoms. The zero-order valence-electron chi connectivity index (χ0n) is 20.0. The van der Waals surface area contributed by atoms with E-state index in [1.54, 1.807) is 48.5 Å². The molecule has 0 bridgehead atoms. The van der Waals surface area contributed by atoms with Crippen molar-refractivity contribution in [3.05, 3.63) is 54.1 Å². The van der Waals surface area contributed by atoms with Gasteiger partial charge >= 0.3 is 0 Å². The maximum Gasteiger partial charge on any atom is 0.265 e. The van der Waals surface area contributed by atoms with Gasteiger partial charge in [-0.15, -0.1) is 0 Å². The summed E-state index contributed by atoms with van der Waals surface area (Å²) in [7, 11) is -1.90. The zero-order valence-corrected chi connectivity index (χ0v) is 20.8. The number of ether oxygens (including phenoxy) is 1. The summed E-state index contributed by atoms with van der Waals surface area (Å²) in [4.78, 5) is 28.0. The molecule has 0 radical (unpaired) electrons. The molecule has 1 atom stereocenters. The third-order valence-corrected chi connectivity index (χ3v) is 7.15. The topological polar surface area (TPSA) is 96.0 Å². The van der Waals surface area contributed by atoms with Gasteiger partial charge in [0.05, 0.1) is 23.2 Å². The molecule has 0 aliphatic carbocycles. The van der Waals surface area contributed by atoms with E-state index in [4.69, 9.17) is 4.74 Å². The van der Waals surface area contributed by atoms with Crippen LogP contribution in [0.3, 0.4) is 0 Å². The number of hydrogen-bond acceptors (Lipinski definition) is 5. The lowest BCUT2D eigenvalue weighted by atomic mass is 10.1. The van der Waals surface area contributed by atoms with Crippen LogP contribution in [0.15, 0.2) is 48.5 Å². The molecule has 1 saturated heterocycles. The summed E-state index contributed by atoms with van der Waals surface area (Å²) >= 11 is 0. The Morgan fingerprint density at radius 2 is 1.65 bits per heavy atom. The molecule has 1 N–H and O–H groups in total. The van der Waals surface area contributed by atoms with Gasteiger partial charge in [0.1, 0.15) is 5.75 Å². The van der Waals surface area contributed by atoms with Crippen LogP contribution in [-0.2, 0) is 14.8 Å². The third-order valence-electron chi connectivity index (χ3n) is 5.95. The summed E-state index contributed by atoms with van der Waals surface area (Å²) in [6.07, 6.45) is 5.01. The molecule has 1 aliphatic rings. The van der Waals surface area contributed by atoms with Crippen molar-refractivity contribution in [2.75, 3.05) is 36.0 Å². The number of carbonyl (C=O) groups excluding carboxylic acids is 2. The highest BCUT2D eigenvalue weighted by molar-refractivity contribution is 7.92. The predicted molar refractivity (Wildman–Crippen MR) is 134 cm³/mol. The molecule has 184 valence electrons. The van der Waals surface area contributed by atoms with Crippen molar-refractivity contribution in [1.29, 1.82) is 0 Å². The lowest BCUT2D eigenvalue weighted by molar-refractivity contribution is -0.122. The summed E-state index contributed by atoms with van der Waals surface area (Å²) < 4.78 is 30.5. The summed E-state index contributed by atoms with van der Waals surface area (Å²) in [5, 5.41) is 2.87. The molecular weight excluding hydrogens is 454 g/mol. The van der Waals surface area contributed by atoms with E-state index in [1.807, 2.05) is 11.8 Å². The maximum atomic E-state index is 13.1. The van der Waals surface area contributed by atoms with Crippen LogP contribution in [0.25, 0.3) is 0 Å². The number of anilines is 2. The van der Waals surface area contributed by atoms with E-state index in [0.717, 1.165) is 45.0 Å². The van der Waals surface area contributed by atoms with E-state index >= 15 is 0 Å². The summed E-state index contributed by atoms with van der Waals surface area (Å²) in [6, 6.07) is 13.5. The highest BCUT2D eigenvalue weighted by atomic mass is 32.2.